The second kappa shape index (κ2) is 5.70. The Morgan fingerprint density at radius 2 is 2.04 bits per heavy atom. The highest BCUT2D eigenvalue weighted by molar-refractivity contribution is 5.85. The van der Waals surface area contributed by atoms with Gasteiger partial charge in [0.25, 0.3) is 0 Å². The molecule has 23 heavy (non-hydrogen) atoms. The Kier molecular flexibility index (Phi) is 3.99. The molecule has 0 unspecified atom stereocenters. The van der Waals surface area contributed by atoms with Gasteiger partial charge in [-0.05, 0) is 19.8 Å². The van der Waals surface area contributed by atoms with Crippen molar-refractivity contribution in [2.45, 2.75) is 43.5 Å². The summed E-state index contributed by atoms with van der Waals surface area (Å²) in [6.07, 6.45) is 3.27. The molecule has 2 fully saturated rings. The standard InChI is InChI=1S/C15H21N3O5/c1-14(22)4-7-23-15(13(14)21)2-5-18(6-3-15)11-9-16-8-10(17-11)12(19)20/h8-9,13,21-22H,2-7H2,1H3,(H,19,20)/t13-,14+/m0/s1. The highest BCUT2D eigenvalue weighted by atomic mass is 16.5. The maximum Gasteiger partial charge on any atom is 0.356 e. The summed E-state index contributed by atoms with van der Waals surface area (Å²) in [4.78, 5) is 20.9. The molecule has 0 bridgehead atoms. The Balaban J connectivity index is 1.73. The van der Waals surface area contributed by atoms with Gasteiger partial charge in [-0.15, -0.1) is 0 Å². The van der Waals surface area contributed by atoms with E-state index in [-0.39, 0.29) is 5.69 Å². The SMILES string of the molecule is C[C@@]1(O)CCOC2(CCN(c3cncc(C(=O)O)n3)CC2)[C@H]1O. The fourth-order valence-electron chi connectivity index (χ4n) is 3.39. The van der Waals surface area contributed by atoms with E-state index in [1.807, 2.05) is 4.90 Å². The first-order chi connectivity index (χ1) is 10.8. The van der Waals surface area contributed by atoms with Crippen LogP contribution in [0.2, 0.25) is 0 Å². The number of aromatic nitrogens is 2. The van der Waals surface area contributed by atoms with E-state index in [9.17, 15) is 15.0 Å². The number of aromatic carboxylic acids is 1. The lowest BCUT2D eigenvalue weighted by molar-refractivity contribution is -0.239. The zero-order chi connectivity index (χ0) is 16.7. The average molecular weight is 323 g/mol. The van der Waals surface area contributed by atoms with Gasteiger partial charge in [0.2, 0.25) is 0 Å². The van der Waals surface area contributed by atoms with Crippen molar-refractivity contribution in [3.63, 3.8) is 0 Å². The van der Waals surface area contributed by atoms with Crippen molar-refractivity contribution in [1.29, 1.82) is 0 Å². The number of hydrogen-bond donors (Lipinski definition) is 3. The van der Waals surface area contributed by atoms with E-state index >= 15 is 0 Å². The lowest BCUT2D eigenvalue weighted by Gasteiger charge is -2.51. The summed E-state index contributed by atoms with van der Waals surface area (Å²) in [7, 11) is 0. The summed E-state index contributed by atoms with van der Waals surface area (Å²) in [5.74, 6) is -0.619. The molecule has 1 aromatic rings. The number of nitrogens with zero attached hydrogens (tertiary/aromatic N) is 3. The van der Waals surface area contributed by atoms with Gasteiger partial charge in [-0.2, -0.15) is 0 Å². The molecular formula is C15H21N3O5. The highest BCUT2D eigenvalue weighted by Gasteiger charge is 2.52. The number of carbonyl (C=O) groups is 1. The number of aliphatic hydroxyl groups excluding tert-OH is 1. The minimum absolute atomic E-state index is 0.0975. The number of rotatable bonds is 2. The minimum atomic E-state index is -1.15. The van der Waals surface area contributed by atoms with Crippen molar-refractivity contribution < 1.29 is 24.9 Å². The summed E-state index contributed by atoms with van der Waals surface area (Å²) >= 11 is 0. The second-order valence-electron chi connectivity index (χ2n) is 6.48. The van der Waals surface area contributed by atoms with Crippen LogP contribution in [0.1, 0.15) is 36.7 Å². The Bertz CT molecular complexity index is 599. The van der Waals surface area contributed by atoms with Crippen LogP contribution in [0.25, 0.3) is 0 Å². The molecule has 2 aliphatic heterocycles. The molecule has 1 aromatic heterocycles. The fourth-order valence-corrected chi connectivity index (χ4v) is 3.39. The maximum atomic E-state index is 11.0. The fraction of sp³-hybridized carbons (Fsp3) is 0.667. The van der Waals surface area contributed by atoms with Crippen molar-refractivity contribution in [2.75, 3.05) is 24.6 Å². The summed E-state index contributed by atoms with van der Waals surface area (Å²) < 4.78 is 5.83. The molecule has 8 nitrogen and oxygen atoms in total. The van der Waals surface area contributed by atoms with E-state index in [1.54, 1.807) is 6.92 Å². The minimum Gasteiger partial charge on any atom is -0.476 e. The Morgan fingerprint density at radius 1 is 1.35 bits per heavy atom. The largest absolute Gasteiger partial charge is 0.476 e. The molecule has 0 radical (unpaired) electrons. The Hall–Kier alpha value is -1.77. The van der Waals surface area contributed by atoms with Crippen molar-refractivity contribution in [3.05, 3.63) is 18.1 Å². The molecule has 2 aliphatic rings. The number of piperidine rings is 1. The van der Waals surface area contributed by atoms with E-state index in [2.05, 4.69) is 9.97 Å². The smallest absolute Gasteiger partial charge is 0.356 e. The lowest BCUT2D eigenvalue weighted by Crippen LogP contribution is -2.64. The summed E-state index contributed by atoms with van der Waals surface area (Å²) in [6, 6.07) is 0. The molecule has 3 heterocycles. The molecule has 3 N–H and O–H groups in total. The normalized spacial score (nSPS) is 30.4. The van der Waals surface area contributed by atoms with Crippen molar-refractivity contribution in [3.8, 4) is 0 Å². The van der Waals surface area contributed by atoms with Crippen LogP contribution in [-0.2, 0) is 4.74 Å². The molecule has 0 aliphatic carbocycles. The van der Waals surface area contributed by atoms with Crippen LogP contribution in [0.5, 0.6) is 0 Å². The van der Waals surface area contributed by atoms with Crippen LogP contribution in [0.3, 0.4) is 0 Å². The van der Waals surface area contributed by atoms with E-state index < -0.39 is 23.3 Å². The zero-order valence-corrected chi connectivity index (χ0v) is 13.0. The highest BCUT2D eigenvalue weighted by Crippen LogP contribution is 2.40. The number of carboxylic acid groups (broad SMARTS) is 1. The van der Waals surface area contributed by atoms with Gasteiger partial charge < -0.3 is 25.0 Å². The number of ether oxygens (including phenoxy) is 1. The molecule has 8 heteroatoms. The Morgan fingerprint density at radius 3 is 2.70 bits per heavy atom. The maximum absolute atomic E-state index is 11.0. The zero-order valence-electron chi connectivity index (χ0n) is 13.0. The van der Waals surface area contributed by atoms with Crippen molar-refractivity contribution >= 4 is 11.8 Å². The van der Waals surface area contributed by atoms with E-state index in [0.717, 1.165) is 0 Å². The summed E-state index contributed by atoms with van der Waals surface area (Å²) in [5, 5.41) is 29.8. The molecule has 0 aromatic carbocycles. The van der Waals surface area contributed by atoms with Gasteiger partial charge in [0.1, 0.15) is 17.5 Å². The predicted molar refractivity (Wildman–Crippen MR) is 80.4 cm³/mol. The van der Waals surface area contributed by atoms with Crippen molar-refractivity contribution in [1.82, 2.24) is 9.97 Å². The number of carboxylic acids is 1. The van der Waals surface area contributed by atoms with Gasteiger partial charge in [0.05, 0.1) is 24.6 Å². The molecule has 0 amide bonds. The molecular weight excluding hydrogens is 302 g/mol. The van der Waals surface area contributed by atoms with Crippen LogP contribution in [0.15, 0.2) is 12.4 Å². The van der Waals surface area contributed by atoms with Crippen LogP contribution in [-0.4, -0.2) is 68.3 Å². The van der Waals surface area contributed by atoms with Gasteiger partial charge in [-0.3, -0.25) is 4.98 Å². The van der Waals surface area contributed by atoms with Gasteiger partial charge >= 0.3 is 5.97 Å². The summed E-state index contributed by atoms with van der Waals surface area (Å²) in [5.41, 5.74) is -2.00. The van der Waals surface area contributed by atoms with Gasteiger partial charge in [0.15, 0.2) is 5.69 Å². The first kappa shape index (κ1) is 16.1. The van der Waals surface area contributed by atoms with Gasteiger partial charge in [-0.25, -0.2) is 9.78 Å². The molecule has 2 saturated heterocycles. The topological polar surface area (TPSA) is 116 Å². The molecule has 1 spiro atoms. The van der Waals surface area contributed by atoms with Gasteiger partial charge in [-0.1, -0.05) is 0 Å². The number of hydrogen-bond acceptors (Lipinski definition) is 7. The van der Waals surface area contributed by atoms with E-state index in [1.165, 1.54) is 12.4 Å². The van der Waals surface area contributed by atoms with E-state index in [4.69, 9.17) is 9.84 Å². The first-order valence-corrected chi connectivity index (χ1v) is 7.69. The molecule has 126 valence electrons. The molecule has 2 atom stereocenters. The van der Waals surface area contributed by atoms with Crippen LogP contribution in [0.4, 0.5) is 5.82 Å². The van der Waals surface area contributed by atoms with Crippen LogP contribution < -0.4 is 4.90 Å². The molecule has 3 rings (SSSR count). The quantitative estimate of drug-likeness (QED) is 0.699. The van der Waals surface area contributed by atoms with Crippen molar-refractivity contribution in [2.24, 2.45) is 0 Å². The first-order valence-electron chi connectivity index (χ1n) is 7.69. The third-order valence-corrected chi connectivity index (χ3v) is 4.86. The summed E-state index contributed by atoms with van der Waals surface area (Å²) in [6.45, 7) is 3.14. The predicted octanol–water partition coefficient (Wildman–Crippen LogP) is 0.0460. The number of anilines is 1. The second-order valence-corrected chi connectivity index (χ2v) is 6.48. The number of aliphatic hydroxyl groups is 2. The van der Waals surface area contributed by atoms with Crippen LogP contribution >= 0.6 is 0 Å². The van der Waals surface area contributed by atoms with E-state index in [0.29, 0.717) is 44.8 Å². The monoisotopic (exact) mass is 323 g/mol. The Labute approximate surface area is 133 Å². The average Bonchev–Trinajstić information content (AvgIpc) is 2.53. The lowest BCUT2D eigenvalue weighted by atomic mass is 9.75. The third kappa shape index (κ3) is 2.89. The third-order valence-electron chi connectivity index (χ3n) is 4.86. The molecule has 0 saturated carbocycles. The van der Waals surface area contributed by atoms with Gasteiger partial charge in [0, 0.05) is 19.5 Å². The van der Waals surface area contributed by atoms with Crippen LogP contribution in [0, 0.1) is 0 Å².